The van der Waals surface area contributed by atoms with E-state index in [1.807, 2.05) is 0 Å². The maximum Gasteiger partial charge on any atom is 0.289 e. The highest BCUT2D eigenvalue weighted by molar-refractivity contribution is 7.89. The molecule has 0 saturated heterocycles. The predicted octanol–water partition coefficient (Wildman–Crippen LogP) is 2.29. The Hall–Kier alpha value is -3.31. The number of carbonyl (C=O) groups is 2. The molecule has 0 saturated carbocycles. The van der Waals surface area contributed by atoms with Gasteiger partial charge < -0.3 is 10.6 Å². The third-order valence-electron chi connectivity index (χ3n) is 4.14. The third-order valence-corrected chi connectivity index (χ3v) is 5.65. The summed E-state index contributed by atoms with van der Waals surface area (Å²) in [4.78, 5) is 34.0. The van der Waals surface area contributed by atoms with Crippen LogP contribution in [0.4, 0.5) is 11.4 Å². The Bertz CT molecular complexity index is 1080. The van der Waals surface area contributed by atoms with Gasteiger partial charge in [-0.25, -0.2) is 13.1 Å². The Labute approximate surface area is 180 Å². The lowest BCUT2D eigenvalue weighted by atomic mass is 9.95. The number of benzene rings is 2. The predicted molar refractivity (Wildman–Crippen MR) is 115 cm³/mol. The number of amides is 2. The molecule has 0 aliphatic heterocycles. The smallest absolute Gasteiger partial charge is 0.289 e. The molecule has 0 aliphatic rings. The topological polar surface area (TPSA) is 148 Å². The van der Waals surface area contributed by atoms with Crippen molar-refractivity contribution < 1.29 is 22.9 Å². The van der Waals surface area contributed by atoms with E-state index in [2.05, 4.69) is 15.4 Å². The van der Waals surface area contributed by atoms with Crippen molar-refractivity contribution in [2.24, 2.45) is 5.41 Å². The molecule has 2 rings (SSSR count). The van der Waals surface area contributed by atoms with Crippen LogP contribution in [0.1, 0.15) is 31.1 Å². The molecule has 2 amide bonds. The number of hydrogen-bond donors (Lipinski definition) is 3. The molecule has 0 spiro atoms. The molecule has 11 heteroatoms. The molecule has 0 fully saturated rings. The number of nitro benzene ring substituents is 1. The Balaban J connectivity index is 1.90. The lowest BCUT2D eigenvalue weighted by molar-refractivity contribution is -0.387. The van der Waals surface area contributed by atoms with E-state index in [0.29, 0.717) is 11.3 Å². The first kappa shape index (κ1) is 24.0. The fourth-order valence-corrected chi connectivity index (χ4v) is 3.60. The quantitative estimate of drug-likeness (QED) is 0.321. The number of para-hydroxylation sites is 1. The molecule has 0 bridgehead atoms. The summed E-state index contributed by atoms with van der Waals surface area (Å²) in [5, 5.41) is 16.3. The van der Waals surface area contributed by atoms with Crippen molar-refractivity contribution in [3.63, 3.8) is 0 Å². The van der Waals surface area contributed by atoms with Crippen LogP contribution in [0.3, 0.4) is 0 Å². The van der Waals surface area contributed by atoms with Crippen LogP contribution in [-0.2, 0) is 14.8 Å². The Morgan fingerprint density at radius 2 is 1.61 bits per heavy atom. The second-order valence-corrected chi connectivity index (χ2v) is 9.40. The number of hydrogen-bond acceptors (Lipinski definition) is 6. The van der Waals surface area contributed by atoms with Crippen LogP contribution in [0.2, 0.25) is 0 Å². The lowest BCUT2D eigenvalue weighted by Crippen LogP contribution is -2.34. The fraction of sp³-hybridized carbons (Fsp3) is 0.300. The van der Waals surface area contributed by atoms with Gasteiger partial charge in [0, 0.05) is 35.8 Å². The van der Waals surface area contributed by atoms with E-state index >= 15 is 0 Å². The average Bonchev–Trinajstić information content (AvgIpc) is 2.71. The average molecular weight is 449 g/mol. The van der Waals surface area contributed by atoms with Crippen molar-refractivity contribution in [1.29, 1.82) is 0 Å². The Morgan fingerprint density at radius 1 is 1.00 bits per heavy atom. The van der Waals surface area contributed by atoms with Gasteiger partial charge in [0.2, 0.25) is 15.9 Å². The monoisotopic (exact) mass is 448 g/mol. The lowest BCUT2D eigenvalue weighted by Gasteiger charge is -2.17. The zero-order valence-electron chi connectivity index (χ0n) is 17.3. The molecule has 3 N–H and O–H groups in total. The van der Waals surface area contributed by atoms with Gasteiger partial charge in [0.05, 0.1) is 4.92 Å². The van der Waals surface area contributed by atoms with Crippen LogP contribution in [0.15, 0.2) is 53.4 Å². The molecule has 2 aromatic carbocycles. The number of nitro groups is 1. The van der Waals surface area contributed by atoms with Crippen LogP contribution < -0.4 is 15.4 Å². The van der Waals surface area contributed by atoms with Crippen LogP contribution in [0, 0.1) is 15.5 Å². The number of carbonyl (C=O) groups excluding carboxylic acids is 2. The van der Waals surface area contributed by atoms with Crippen molar-refractivity contribution in [3.8, 4) is 0 Å². The van der Waals surface area contributed by atoms with Crippen molar-refractivity contribution in [2.45, 2.75) is 25.7 Å². The van der Waals surface area contributed by atoms with Crippen molar-refractivity contribution in [3.05, 3.63) is 64.2 Å². The van der Waals surface area contributed by atoms with E-state index in [4.69, 9.17) is 0 Å². The van der Waals surface area contributed by atoms with Gasteiger partial charge in [-0.1, -0.05) is 32.9 Å². The third kappa shape index (κ3) is 6.59. The number of rotatable bonds is 8. The summed E-state index contributed by atoms with van der Waals surface area (Å²) in [5.41, 5.74) is -0.203. The molecule has 31 heavy (non-hydrogen) atoms. The van der Waals surface area contributed by atoms with Gasteiger partial charge in [0.1, 0.15) is 0 Å². The van der Waals surface area contributed by atoms with E-state index in [1.165, 1.54) is 24.3 Å². The normalized spacial score (nSPS) is 11.6. The second-order valence-electron chi connectivity index (χ2n) is 7.66. The number of nitrogens with one attached hydrogen (secondary N) is 3. The number of nitrogens with zero attached hydrogens (tertiary/aromatic N) is 1. The minimum atomic E-state index is -4.11. The first-order chi connectivity index (χ1) is 14.4. The highest BCUT2D eigenvalue weighted by Gasteiger charge is 2.24. The van der Waals surface area contributed by atoms with E-state index in [0.717, 1.165) is 12.1 Å². The molecular formula is C20H24N4O6S. The summed E-state index contributed by atoms with van der Waals surface area (Å²) in [6, 6.07) is 11.2. The second kappa shape index (κ2) is 9.67. The zero-order chi connectivity index (χ0) is 23.2. The maximum atomic E-state index is 12.3. The minimum absolute atomic E-state index is 0.0266. The summed E-state index contributed by atoms with van der Waals surface area (Å²) in [7, 11) is -4.11. The van der Waals surface area contributed by atoms with E-state index < -0.39 is 36.9 Å². The molecule has 0 heterocycles. The molecule has 0 aromatic heterocycles. The van der Waals surface area contributed by atoms with E-state index in [-0.39, 0.29) is 19.0 Å². The zero-order valence-corrected chi connectivity index (χ0v) is 18.2. The fourth-order valence-electron chi connectivity index (χ4n) is 2.40. The Kier molecular flexibility index (Phi) is 7.47. The van der Waals surface area contributed by atoms with Crippen molar-refractivity contribution in [1.82, 2.24) is 10.0 Å². The minimum Gasteiger partial charge on any atom is -0.351 e. The highest BCUT2D eigenvalue weighted by Crippen LogP contribution is 2.22. The van der Waals surface area contributed by atoms with Gasteiger partial charge in [-0.15, -0.1) is 0 Å². The van der Waals surface area contributed by atoms with Gasteiger partial charge in [-0.05, 0) is 30.3 Å². The van der Waals surface area contributed by atoms with Gasteiger partial charge in [0.25, 0.3) is 11.6 Å². The van der Waals surface area contributed by atoms with Gasteiger partial charge in [0.15, 0.2) is 4.90 Å². The maximum absolute atomic E-state index is 12.3. The van der Waals surface area contributed by atoms with Gasteiger partial charge in [-0.3, -0.25) is 19.7 Å². The summed E-state index contributed by atoms with van der Waals surface area (Å²) in [6.07, 6.45) is 0. The highest BCUT2D eigenvalue weighted by atomic mass is 32.2. The summed E-state index contributed by atoms with van der Waals surface area (Å²) >= 11 is 0. The molecule has 2 aromatic rings. The number of sulfonamides is 1. The molecule has 0 aliphatic carbocycles. The first-order valence-electron chi connectivity index (χ1n) is 9.34. The van der Waals surface area contributed by atoms with Crippen LogP contribution >= 0.6 is 0 Å². The summed E-state index contributed by atoms with van der Waals surface area (Å²) in [6.45, 7) is 5.18. The number of anilines is 1. The van der Waals surface area contributed by atoms with Gasteiger partial charge in [-0.2, -0.15) is 0 Å². The molecule has 10 nitrogen and oxygen atoms in total. The van der Waals surface area contributed by atoms with Gasteiger partial charge >= 0.3 is 0 Å². The molecule has 0 atom stereocenters. The van der Waals surface area contributed by atoms with Crippen molar-refractivity contribution >= 4 is 33.2 Å². The van der Waals surface area contributed by atoms with E-state index in [1.54, 1.807) is 32.9 Å². The molecule has 0 unspecified atom stereocenters. The summed E-state index contributed by atoms with van der Waals surface area (Å²) in [5.74, 6) is -0.589. The Morgan fingerprint density at radius 3 is 2.19 bits per heavy atom. The molecular weight excluding hydrogens is 424 g/mol. The largest absolute Gasteiger partial charge is 0.351 e. The van der Waals surface area contributed by atoms with Crippen LogP contribution in [0.25, 0.3) is 0 Å². The summed E-state index contributed by atoms with van der Waals surface area (Å²) < 4.78 is 26.8. The SMILES string of the molecule is CC(C)(C)C(=O)Nc1ccc(C(=O)NCCNS(=O)(=O)c2ccccc2[N+](=O)[O-])cc1. The van der Waals surface area contributed by atoms with E-state index in [9.17, 15) is 28.1 Å². The molecule has 166 valence electrons. The standard InChI is InChI=1S/C20H24N4O6S/c1-20(2,3)19(26)23-15-10-8-14(9-11-15)18(25)21-12-13-22-31(29,30)17-7-5-4-6-16(17)24(27)28/h4-11,22H,12-13H2,1-3H3,(H,21,25)(H,23,26). The van der Waals surface area contributed by atoms with Crippen LogP contribution in [-0.4, -0.2) is 38.2 Å². The van der Waals surface area contributed by atoms with Crippen molar-refractivity contribution in [2.75, 3.05) is 18.4 Å². The molecule has 0 radical (unpaired) electrons. The first-order valence-corrected chi connectivity index (χ1v) is 10.8. The van der Waals surface area contributed by atoms with Crippen LogP contribution in [0.5, 0.6) is 0 Å².